The van der Waals surface area contributed by atoms with Crippen molar-refractivity contribution in [2.24, 2.45) is 0 Å². The summed E-state index contributed by atoms with van der Waals surface area (Å²) < 4.78 is 11.8. The molecule has 0 radical (unpaired) electrons. The molecule has 1 unspecified atom stereocenters. The van der Waals surface area contributed by atoms with Crippen molar-refractivity contribution < 1.29 is 19.5 Å². The van der Waals surface area contributed by atoms with Gasteiger partial charge in [0.1, 0.15) is 23.9 Å². The molecule has 30 heavy (non-hydrogen) atoms. The third kappa shape index (κ3) is 8.79. The number of hydroxylamine groups is 1. The second-order valence-corrected chi connectivity index (χ2v) is 7.10. The van der Waals surface area contributed by atoms with Crippen LogP contribution in [0.25, 0.3) is 0 Å². The normalized spacial score (nSPS) is 11.5. The van der Waals surface area contributed by atoms with E-state index in [0.717, 1.165) is 36.8 Å². The van der Waals surface area contributed by atoms with Gasteiger partial charge in [-0.2, -0.15) is 0 Å². The molecule has 2 N–H and O–H groups in total. The van der Waals surface area contributed by atoms with Gasteiger partial charge in [0.25, 0.3) is 0 Å². The van der Waals surface area contributed by atoms with Crippen molar-refractivity contribution in [3.63, 3.8) is 0 Å². The van der Waals surface area contributed by atoms with E-state index >= 15 is 0 Å². The molecule has 2 rings (SSSR count). The van der Waals surface area contributed by atoms with Crippen LogP contribution in [-0.4, -0.2) is 41.8 Å². The Morgan fingerprint density at radius 2 is 1.63 bits per heavy atom. The molecule has 2 aromatic rings. The highest BCUT2D eigenvalue weighted by Crippen LogP contribution is 2.25. The Kier molecular flexibility index (Phi) is 12.2. The maximum Gasteiger partial charge on any atom is 0.243 e. The van der Waals surface area contributed by atoms with E-state index in [9.17, 15) is 4.79 Å². The van der Waals surface area contributed by atoms with Crippen LogP contribution in [0.15, 0.2) is 48.5 Å². The number of benzene rings is 2. The Morgan fingerprint density at radius 3 is 2.17 bits per heavy atom. The fourth-order valence-corrected chi connectivity index (χ4v) is 3.14. The molecule has 0 bridgehead atoms. The predicted molar refractivity (Wildman–Crippen MR) is 121 cm³/mol. The molecule has 2 aromatic carbocycles. The van der Waals surface area contributed by atoms with Crippen LogP contribution in [0.3, 0.4) is 0 Å². The number of ether oxygens (including phenoxy) is 2. The number of hydrogen-bond donors (Lipinski definition) is 2. The lowest BCUT2D eigenvalue weighted by Crippen LogP contribution is -2.40. The van der Waals surface area contributed by atoms with Gasteiger partial charge >= 0.3 is 0 Å². The number of hydrogen-bond acceptors (Lipinski definition) is 5. The maximum absolute atomic E-state index is 11.2. The number of halogens is 2. The highest BCUT2D eigenvalue weighted by Gasteiger charge is 2.16. The molecule has 8 heteroatoms. The molecule has 0 heterocycles. The molecule has 1 amide bonds. The van der Waals surface area contributed by atoms with Crippen LogP contribution in [-0.2, 0) is 4.79 Å². The zero-order valence-corrected chi connectivity index (χ0v) is 18.9. The Labute approximate surface area is 189 Å². The van der Waals surface area contributed by atoms with Gasteiger partial charge in [-0.15, -0.1) is 12.4 Å². The van der Waals surface area contributed by atoms with Gasteiger partial charge < -0.3 is 9.47 Å². The summed E-state index contributed by atoms with van der Waals surface area (Å²) >= 11 is 5.89. The fraction of sp³-hybridized carbons (Fsp3) is 0.409. The average Bonchev–Trinajstić information content (AvgIpc) is 2.75. The summed E-state index contributed by atoms with van der Waals surface area (Å²) in [7, 11) is 0. The number of amides is 1. The molecule has 0 aliphatic carbocycles. The summed E-state index contributed by atoms with van der Waals surface area (Å²) in [5.41, 5.74) is 1.67. The number of nitrogens with one attached hydrogen (secondary N) is 1. The largest absolute Gasteiger partial charge is 0.492 e. The minimum atomic E-state index is -0.355. The van der Waals surface area contributed by atoms with Crippen LogP contribution in [0.4, 0.5) is 0 Å². The molecular formula is C22H30Cl2N2O4. The lowest BCUT2D eigenvalue weighted by molar-refractivity contribution is -0.129. The number of carbonyl (C=O) groups excluding carboxylic acids is 1. The molecule has 0 saturated carbocycles. The predicted octanol–water partition coefficient (Wildman–Crippen LogP) is 5.32. The molecule has 0 spiro atoms. The smallest absolute Gasteiger partial charge is 0.243 e. The zero-order chi connectivity index (χ0) is 21.1. The van der Waals surface area contributed by atoms with E-state index in [1.54, 1.807) is 17.6 Å². The Balaban J connectivity index is 0.00000450. The highest BCUT2D eigenvalue weighted by atomic mass is 35.5. The molecule has 0 aliphatic heterocycles. The van der Waals surface area contributed by atoms with E-state index in [0.29, 0.717) is 24.5 Å². The van der Waals surface area contributed by atoms with Gasteiger partial charge in [-0.25, -0.2) is 5.48 Å². The van der Waals surface area contributed by atoms with Gasteiger partial charge in [0, 0.05) is 17.5 Å². The molecular weight excluding hydrogens is 427 g/mol. The minimum Gasteiger partial charge on any atom is -0.492 e. The van der Waals surface area contributed by atoms with Crippen molar-refractivity contribution in [2.75, 3.05) is 19.7 Å². The molecule has 0 aromatic heterocycles. The lowest BCUT2D eigenvalue weighted by atomic mass is 10.1. The van der Waals surface area contributed by atoms with Crippen LogP contribution in [0.5, 0.6) is 17.2 Å². The van der Waals surface area contributed by atoms with Gasteiger partial charge in [0.15, 0.2) is 0 Å². The van der Waals surface area contributed by atoms with Crippen molar-refractivity contribution in [1.29, 1.82) is 0 Å². The van der Waals surface area contributed by atoms with E-state index in [2.05, 4.69) is 18.7 Å². The molecule has 0 aliphatic rings. The van der Waals surface area contributed by atoms with Crippen molar-refractivity contribution >= 4 is 29.9 Å². The van der Waals surface area contributed by atoms with Crippen LogP contribution in [0, 0.1) is 0 Å². The van der Waals surface area contributed by atoms with E-state index in [4.69, 9.17) is 26.3 Å². The molecule has 0 fully saturated rings. The van der Waals surface area contributed by atoms with E-state index < -0.39 is 0 Å². The summed E-state index contributed by atoms with van der Waals surface area (Å²) in [5, 5.41) is 9.26. The summed E-state index contributed by atoms with van der Waals surface area (Å²) in [4.78, 5) is 13.5. The number of rotatable bonds is 12. The van der Waals surface area contributed by atoms with E-state index in [-0.39, 0.29) is 24.4 Å². The lowest BCUT2D eigenvalue weighted by Gasteiger charge is -2.29. The first-order chi connectivity index (χ1) is 14.0. The van der Waals surface area contributed by atoms with E-state index in [1.807, 2.05) is 36.4 Å². The maximum atomic E-state index is 11.2. The number of carbonyl (C=O) groups is 1. The second-order valence-electron chi connectivity index (χ2n) is 6.67. The zero-order valence-electron chi connectivity index (χ0n) is 17.3. The molecule has 1 atom stereocenters. The van der Waals surface area contributed by atoms with Gasteiger partial charge in [-0.05, 0) is 74.5 Å². The first-order valence-corrected chi connectivity index (χ1v) is 10.3. The van der Waals surface area contributed by atoms with Crippen molar-refractivity contribution in [1.82, 2.24) is 10.4 Å². The minimum absolute atomic E-state index is 0. The molecule has 6 nitrogen and oxygen atoms in total. The number of likely N-dealkylation sites (N-methyl/N-ethyl adjacent to an activating group) is 1. The SMILES string of the molecule is CCC(COc1ccc(Oc2ccc(Cl)cc2)cc1)N(CC)CCCC(=O)NO.Cl. The number of nitrogens with zero attached hydrogens (tertiary/aromatic N) is 1. The van der Waals surface area contributed by atoms with Crippen molar-refractivity contribution in [2.45, 2.75) is 39.2 Å². The molecule has 166 valence electrons. The van der Waals surface area contributed by atoms with Gasteiger partial charge in [-0.3, -0.25) is 14.9 Å². The molecule has 0 saturated heterocycles. The van der Waals surface area contributed by atoms with Crippen LogP contribution < -0.4 is 15.0 Å². The summed E-state index contributed by atoms with van der Waals surface area (Å²) in [6, 6.07) is 15.0. The van der Waals surface area contributed by atoms with Crippen LogP contribution in [0.2, 0.25) is 5.02 Å². The van der Waals surface area contributed by atoms with Crippen LogP contribution in [0.1, 0.15) is 33.1 Å². The average molecular weight is 457 g/mol. The van der Waals surface area contributed by atoms with Gasteiger partial charge in [-0.1, -0.05) is 25.4 Å². The summed E-state index contributed by atoms with van der Waals surface area (Å²) in [6.45, 7) is 6.43. The first kappa shape index (κ1) is 26.0. The third-order valence-electron chi connectivity index (χ3n) is 4.68. The summed E-state index contributed by atoms with van der Waals surface area (Å²) in [5.74, 6) is 1.88. The van der Waals surface area contributed by atoms with Gasteiger partial charge in [0.2, 0.25) is 5.91 Å². The second kappa shape index (κ2) is 14.1. The highest BCUT2D eigenvalue weighted by molar-refractivity contribution is 6.30. The van der Waals surface area contributed by atoms with Gasteiger partial charge in [0.05, 0.1) is 0 Å². The fourth-order valence-electron chi connectivity index (χ4n) is 3.01. The monoisotopic (exact) mass is 456 g/mol. The van der Waals surface area contributed by atoms with Crippen molar-refractivity contribution in [3.05, 3.63) is 53.6 Å². The van der Waals surface area contributed by atoms with Crippen LogP contribution >= 0.6 is 24.0 Å². The summed E-state index contributed by atoms with van der Waals surface area (Å²) in [6.07, 6.45) is 1.94. The Morgan fingerprint density at radius 1 is 1.07 bits per heavy atom. The Bertz CT molecular complexity index is 742. The standard InChI is InChI=1S/C22H29ClN2O4.ClH/c1-3-18(25(4-2)15-5-6-22(26)24-27)16-28-19-11-13-21(14-12-19)29-20-9-7-17(23)8-10-20;/h7-14,18,27H,3-6,15-16H2,1-2H3,(H,24,26);1H. The third-order valence-corrected chi connectivity index (χ3v) is 4.94. The Hall–Kier alpha value is -1.99. The van der Waals surface area contributed by atoms with Crippen molar-refractivity contribution in [3.8, 4) is 17.2 Å². The topological polar surface area (TPSA) is 71.0 Å². The van der Waals surface area contributed by atoms with E-state index in [1.165, 1.54) is 0 Å². The first-order valence-electron chi connectivity index (χ1n) is 9.89. The quantitative estimate of drug-likeness (QED) is 0.334.